The smallest absolute Gasteiger partial charge is 0.236 e. The molecule has 1 aromatic heterocycles. The zero-order valence-electron chi connectivity index (χ0n) is 12.6. The summed E-state index contributed by atoms with van der Waals surface area (Å²) in [5.41, 5.74) is -0.856. The summed E-state index contributed by atoms with van der Waals surface area (Å²) < 4.78 is 5.16. The van der Waals surface area contributed by atoms with Gasteiger partial charge < -0.3 is 20.0 Å². The summed E-state index contributed by atoms with van der Waals surface area (Å²) in [5.74, 6) is 0.327. The first-order valence-electron chi connectivity index (χ1n) is 7.28. The summed E-state index contributed by atoms with van der Waals surface area (Å²) in [6.07, 6.45) is 3.68. The van der Waals surface area contributed by atoms with Gasteiger partial charge in [-0.05, 0) is 52.0 Å². The molecule has 2 rings (SSSR count). The number of rotatable bonds is 8. The zero-order valence-corrected chi connectivity index (χ0v) is 12.6. The molecule has 6 nitrogen and oxygen atoms in total. The molecule has 1 aliphatic carbocycles. The number of carbonyl (C=O) groups is 2. The molecule has 0 bridgehead atoms. The second-order valence-electron chi connectivity index (χ2n) is 5.76. The number of furan rings is 1. The van der Waals surface area contributed by atoms with Crippen LogP contribution in [0.15, 0.2) is 22.8 Å². The molecule has 0 unspecified atom stereocenters. The third-order valence-corrected chi connectivity index (χ3v) is 3.69. The van der Waals surface area contributed by atoms with Crippen LogP contribution < -0.4 is 10.6 Å². The van der Waals surface area contributed by atoms with Crippen molar-refractivity contribution in [2.75, 3.05) is 27.2 Å². The lowest BCUT2D eigenvalue weighted by molar-refractivity contribution is -0.137. The third-order valence-electron chi connectivity index (χ3n) is 3.69. The van der Waals surface area contributed by atoms with E-state index in [-0.39, 0.29) is 11.8 Å². The van der Waals surface area contributed by atoms with Crippen LogP contribution in [-0.2, 0) is 16.1 Å². The molecule has 2 amide bonds. The Bertz CT molecular complexity index is 478. The number of carbonyl (C=O) groups excluding carboxylic acids is 2. The van der Waals surface area contributed by atoms with Gasteiger partial charge in [0.15, 0.2) is 0 Å². The Morgan fingerprint density at radius 1 is 1.29 bits per heavy atom. The van der Waals surface area contributed by atoms with E-state index in [0.29, 0.717) is 31.7 Å². The molecular weight excluding hydrogens is 270 g/mol. The van der Waals surface area contributed by atoms with E-state index in [1.807, 2.05) is 14.1 Å². The topological polar surface area (TPSA) is 74.6 Å². The van der Waals surface area contributed by atoms with Gasteiger partial charge in [0.25, 0.3) is 0 Å². The van der Waals surface area contributed by atoms with Gasteiger partial charge in [0, 0.05) is 6.54 Å². The molecule has 0 spiro atoms. The van der Waals surface area contributed by atoms with Crippen molar-refractivity contribution in [2.24, 2.45) is 5.41 Å². The maximum Gasteiger partial charge on any atom is 0.236 e. The van der Waals surface area contributed by atoms with Crippen molar-refractivity contribution in [1.82, 2.24) is 15.5 Å². The Labute approximate surface area is 124 Å². The van der Waals surface area contributed by atoms with E-state index in [4.69, 9.17) is 4.42 Å². The van der Waals surface area contributed by atoms with E-state index in [9.17, 15) is 9.59 Å². The molecule has 0 aliphatic heterocycles. The number of nitrogens with one attached hydrogen (secondary N) is 2. The maximum atomic E-state index is 12.2. The fourth-order valence-corrected chi connectivity index (χ4v) is 2.20. The molecule has 6 heteroatoms. The van der Waals surface area contributed by atoms with Crippen molar-refractivity contribution >= 4 is 11.8 Å². The average Bonchev–Trinajstić information content (AvgIpc) is 3.10. The van der Waals surface area contributed by atoms with Crippen molar-refractivity contribution in [3.63, 3.8) is 0 Å². The van der Waals surface area contributed by atoms with E-state index in [2.05, 4.69) is 15.5 Å². The zero-order chi connectivity index (χ0) is 15.3. The molecule has 0 aromatic carbocycles. The second-order valence-corrected chi connectivity index (χ2v) is 5.76. The average molecular weight is 293 g/mol. The molecule has 1 aliphatic rings. The summed E-state index contributed by atoms with van der Waals surface area (Å²) in [6, 6.07) is 3.56. The standard InChI is InChI=1S/C15H23N3O3/c1-18(2)9-4-8-16-13(19)15(6-7-15)14(20)17-11-12-5-3-10-21-12/h3,5,10H,4,6-9,11H2,1-2H3,(H,16,19)(H,17,20). The van der Waals surface area contributed by atoms with Crippen LogP contribution in [0.3, 0.4) is 0 Å². The van der Waals surface area contributed by atoms with E-state index in [0.717, 1.165) is 13.0 Å². The van der Waals surface area contributed by atoms with Crippen molar-refractivity contribution in [3.05, 3.63) is 24.2 Å². The van der Waals surface area contributed by atoms with Gasteiger partial charge in [0.1, 0.15) is 11.2 Å². The van der Waals surface area contributed by atoms with Crippen molar-refractivity contribution in [2.45, 2.75) is 25.8 Å². The number of nitrogens with zero attached hydrogens (tertiary/aromatic N) is 1. The van der Waals surface area contributed by atoms with Crippen LogP contribution in [0.1, 0.15) is 25.0 Å². The van der Waals surface area contributed by atoms with E-state index >= 15 is 0 Å². The lowest BCUT2D eigenvalue weighted by Gasteiger charge is -2.15. The van der Waals surface area contributed by atoms with Gasteiger partial charge in [-0.3, -0.25) is 9.59 Å². The summed E-state index contributed by atoms with van der Waals surface area (Å²) in [4.78, 5) is 26.4. The van der Waals surface area contributed by atoms with Crippen molar-refractivity contribution in [1.29, 1.82) is 0 Å². The second kappa shape index (κ2) is 6.76. The summed E-state index contributed by atoms with van der Waals surface area (Å²) >= 11 is 0. The molecule has 2 N–H and O–H groups in total. The lowest BCUT2D eigenvalue weighted by atomic mass is 10.1. The van der Waals surface area contributed by atoms with Gasteiger partial charge >= 0.3 is 0 Å². The number of hydrogen-bond donors (Lipinski definition) is 2. The van der Waals surface area contributed by atoms with Gasteiger partial charge in [0.2, 0.25) is 11.8 Å². The molecule has 116 valence electrons. The molecule has 1 saturated carbocycles. The minimum Gasteiger partial charge on any atom is -0.467 e. The van der Waals surface area contributed by atoms with Gasteiger partial charge in [-0.25, -0.2) is 0 Å². The summed E-state index contributed by atoms with van der Waals surface area (Å²) in [5, 5.41) is 5.64. The monoisotopic (exact) mass is 293 g/mol. The van der Waals surface area contributed by atoms with Crippen LogP contribution in [0.5, 0.6) is 0 Å². The first-order valence-corrected chi connectivity index (χ1v) is 7.28. The fraction of sp³-hybridized carbons (Fsp3) is 0.600. The van der Waals surface area contributed by atoms with Crippen LogP contribution in [0, 0.1) is 5.41 Å². The Balaban J connectivity index is 1.75. The highest BCUT2D eigenvalue weighted by Gasteiger charge is 2.56. The van der Waals surface area contributed by atoms with Crippen molar-refractivity contribution < 1.29 is 14.0 Å². The van der Waals surface area contributed by atoms with Crippen LogP contribution in [-0.4, -0.2) is 43.9 Å². The van der Waals surface area contributed by atoms with Crippen LogP contribution >= 0.6 is 0 Å². The van der Waals surface area contributed by atoms with Gasteiger partial charge in [-0.1, -0.05) is 0 Å². The SMILES string of the molecule is CN(C)CCCNC(=O)C1(C(=O)NCc2ccco2)CC1. The maximum absolute atomic E-state index is 12.2. The number of amides is 2. The molecule has 1 aromatic rings. The molecule has 21 heavy (non-hydrogen) atoms. The Morgan fingerprint density at radius 2 is 2.00 bits per heavy atom. The molecule has 1 fully saturated rings. The predicted octanol–water partition coefficient (Wildman–Crippen LogP) is 0.744. The normalized spacial score (nSPS) is 15.8. The molecule has 0 radical (unpaired) electrons. The first kappa shape index (κ1) is 15.6. The Hall–Kier alpha value is -1.82. The molecule has 1 heterocycles. The van der Waals surface area contributed by atoms with Gasteiger partial charge in [-0.2, -0.15) is 0 Å². The van der Waals surface area contributed by atoms with E-state index in [1.54, 1.807) is 18.4 Å². The highest BCUT2D eigenvalue weighted by molar-refractivity contribution is 6.07. The quantitative estimate of drug-likeness (QED) is 0.548. The number of hydrogen-bond acceptors (Lipinski definition) is 4. The first-order chi connectivity index (χ1) is 10.0. The minimum atomic E-state index is -0.856. The predicted molar refractivity (Wildman–Crippen MR) is 78.4 cm³/mol. The van der Waals surface area contributed by atoms with Crippen LogP contribution in [0.2, 0.25) is 0 Å². The largest absolute Gasteiger partial charge is 0.467 e. The van der Waals surface area contributed by atoms with Gasteiger partial charge in [-0.15, -0.1) is 0 Å². The minimum absolute atomic E-state index is 0.154. The summed E-state index contributed by atoms with van der Waals surface area (Å²) in [6.45, 7) is 1.84. The third kappa shape index (κ3) is 4.07. The lowest BCUT2D eigenvalue weighted by Crippen LogP contribution is -2.43. The van der Waals surface area contributed by atoms with E-state index in [1.165, 1.54) is 0 Å². The molecule has 0 saturated heterocycles. The van der Waals surface area contributed by atoms with Crippen molar-refractivity contribution in [3.8, 4) is 0 Å². The highest BCUT2D eigenvalue weighted by Crippen LogP contribution is 2.46. The van der Waals surface area contributed by atoms with Crippen LogP contribution in [0.4, 0.5) is 0 Å². The van der Waals surface area contributed by atoms with Crippen LogP contribution in [0.25, 0.3) is 0 Å². The Morgan fingerprint density at radius 3 is 2.57 bits per heavy atom. The molecule has 0 atom stereocenters. The summed E-state index contributed by atoms with van der Waals surface area (Å²) in [7, 11) is 3.98. The molecular formula is C15H23N3O3. The van der Waals surface area contributed by atoms with Gasteiger partial charge in [0.05, 0.1) is 12.8 Å². The highest BCUT2D eigenvalue weighted by atomic mass is 16.3. The Kier molecular flexibility index (Phi) is 5.01. The van der Waals surface area contributed by atoms with E-state index < -0.39 is 5.41 Å². The fourth-order valence-electron chi connectivity index (χ4n) is 2.20.